The predicted octanol–water partition coefficient (Wildman–Crippen LogP) is 4.83. The van der Waals surface area contributed by atoms with Crippen molar-refractivity contribution >= 4 is 10.8 Å². The number of allylic oxidation sites excluding steroid dienone is 2. The molecule has 0 aliphatic heterocycles. The van der Waals surface area contributed by atoms with Crippen LogP contribution in [-0.4, -0.2) is 6.61 Å². The first kappa shape index (κ1) is 13.2. The number of hydrogen-bond acceptors (Lipinski definition) is 1. The molecule has 19 heavy (non-hydrogen) atoms. The molecule has 0 radical (unpaired) electrons. The van der Waals surface area contributed by atoms with Crippen molar-refractivity contribution in [2.45, 2.75) is 6.92 Å². The fourth-order valence-electron chi connectivity index (χ4n) is 2.05. The van der Waals surface area contributed by atoms with Crippen molar-refractivity contribution in [3.63, 3.8) is 0 Å². The Morgan fingerprint density at radius 1 is 1.16 bits per heavy atom. The van der Waals surface area contributed by atoms with Crippen LogP contribution in [0.2, 0.25) is 0 Å². The van der Waals surface area contributed by atoms with Gasteiger partial charge in [0.05, 0.1) is 0 Å². The van der Waals surface area contributed by atoms with Crippen LogP contribution in [0.4, 0.5) is 0 Å². The summed E-state index contributed by atoms with van der Waals surface area (Å²) < 4.78 is 5.86. The van der Waals surface area contributed by atoms with Gasteiger partial charge in [-0.2, -0.15) is 0 Å². The van der Waals surface area contributed by atoms with Gasteiger partial charge in [0.25, 0.3) is 0 Å². The number of fused-ring (bicyclic) bond motifs is 1. The lowest BCUT2D eigenvalue weighted by atomic mass is 10.0. The molecule has 0 fully saturated rings. The van der Waals surface area contributed by atoms with Crippen molar-refractivity contribution in [2.24, 2.45) is 0 Å². The van der Waals surface area contributed by atoms with Crippen molar-refractivity contribution in [3.05, 3.63) is 78.9 Å². The van der Waals surface area contributed by atoms with E-state index in [-0.39, 0.29) is 0 Å². The smallest absolute Gasteiger partial charge is 0.123 e. The van der Waals surface area contributed by atoms with Crippen molar-refractivity contribution in [3.8, 4) is 5.75 Å². The van der Waals surface area contributed by atoms with Crippen LogP contribution in [-0.2, 0) is 0 Å². The van der Waals surface area contributed by atoms with E-state index in [2.05, 4.69) is 38.3 Å². The Labute approximate surface area is 114 Å². The molecule has 2 rings (SSSR count). The van der Waals surface area contributed by atoms with Crippen LogP contribution in [0.5, 0.6) is 5.75 Å². The van der Waals surface area contributed by atoms with E-state index in [9.17, 15) is 0 Å². The summed E-state index contributed by atoms with van der Waals surface area (Å²) in [6, 6.07) is 12.4. The molecule has 0 saturated carbocycles. The van der Waals surface area contributed by atoms with Gasteiger partial charge in [-0.3, -0.25) is 0 Å². The van der Waals surface area contributed by atoms with Gasteiger partial charge in [0.1, 0.15) is 12.4 Å². The molecule has 0 aliphatic rings. The lowest BCUT2D eigenvalue weighted by Gasteiger charge is -2.11. The van der Waals surface area contributed by atoms with Gasteiger partial charge in [-0.25, -0.2) is 0 Å². The van der Waals surface area contributed by atoms with Crippen LogP contribution in [0, 0.1) is 6.92 Å². The highest BCUT2D eigenvalue weighted by Crippen LogP contribution is 2.27. The van der Waals surface area contributed by atoms with E-state index in [1.54, 1.807) is 12.2 Å². The van der Waals surface area contributed by atoms with Crippen LogP contribution in [0.3, 0.4) is 0 Å². The quantitative estimate of drug-likeness (QED) is 0.691. The molecule has 1 heteroatoms. The van der Waals surface area contributed by atoms with Gasteiger partial charge in [-0.05, 0) is 34.9 Å². The molecule has 96 valence electrons. The summed E-state index contributed by atoms with van der Waals surface area (Å²) in [5, 5.41) is 2.46. The zero-order valence-corrected chi connectivity index (χ0v) is 11.2. The molecular weight excluding hydrogens is 232 g/mol. The monoisotopic (exact) mass is 250 g/mol. The standard InChI is InChI=1S/C18H18O/c1-4-8-15(5-2)13-19-18-12-11-16-9-6-7-10-17(16)14(18)3/h4-12H,1-2,13H2,3H3/b15-8+. The molecule has 0 atom stereocenters. The summed E-state index contributed by atoms with van der Waals surface area (Å²) in [7, 11) is 0. The Morgan fingerprint density at radius 3 is 2.68 bits per heavy atom. The molecule has 0 aromatic heterocycles. The van der Waals surface area contributed by atoms with Gasteiger partial charge in [0, 0.05) is 0 Å². The van der Waals surface area contributed by atoms with E-state index >= 15 is 0 Å². The first-order chi connectivity index (χ1) is 9.26. The van der Waals surface area contributed by atoms with Crippen LogP contribution in [0.25, 0.3) is 10.8 Å². The van der Waals surface area contributed by atoms with Gasteiger partial charge in [0.2, 0.25) is 0 Å². The highest BCUT2D eigenvalue weighted by Gasteiger charge is 2.04. The van der Waals surface area contributed by atoms with Gasteiger partial charge in [0.15, 0.2) is 0 Å². The van der Waals surface area contributed by atoms with Crippen molar-refractivity contribution in [1.29, 1.82) is 0 Å². The average Bonchev–Trinajstić information content (AvgIpc) is 2.45. The second-order valence-electron chi connectivity index (χ2n) is 4.38. The summed E-state index contributed by atoms with van der Waals surface area (Å²) in [4.78, 5) is 0. The fraction of sp³-hybridized carbons (Fsp3) is 0.111. The summed E-state index contributed by atoms with van der Waals surface area (Å²) in [5.74, 6) is 0.913. The van der Waals surface area contributed by atoms with E-state index in [4.69, 9.17) is 4.74 Å². The summed E-state index contributed by atoms with van der Waals surface area (Å²) in [6.07, 6.45) is 5.44. The van der Waals surface area contributed by atoms with Crippen molar-refractivity contribution < 1.29 is 4.74 Å². The maximum absolute atomic E-state index is 5.86. The molecule has 2 aromatic rings. The SMILES string of the molecule is C=C/C=C(\C=C)COc1ccc2ccccc2c1C. The van der Waals surface area contributed by atoms with Crippen molar-refractivity contribution in [1.82, 2.24) is 0 Å². The topological polar surface area (TPSA) is 9.23 Å². The zero-order valence-electron chi connectivity index (χ0n) is 11.2. The van der Waals surface area contributed by atoms with Gasteiger partial charge < -0.3 is 4.74 Å². The summed E-state index contributed by atoms with van der Waals surface area (Å²) in [5.41, 5.74) is 2.18. The normalized spacial score (nSPS) is 11.3. The third-order valence-electron chi connectivity index (χ3n) is 3.14. The largest absolute Gasteiger partial charge is 0.489 e. The Balaban J connectivity index is 2.26. The van der Waals surface area contributed by atoms with Crippen LogP contribution < -0.4 is 4.74 Å². The molecular formula is C18H18O. The lowest BCUT2D eigenvalue weighted by molar-refractivity contribution is 0.354. The minimum absolute atomic E-state index is 0.509. The van der Waals surface area contributed by atoms with E-state index in [1.165, 1.54) is 16.3 Å². The summed E-state index contributed by atoms with van der Waals surface area (Å²) in [6.45, 7) is 10.0. The van der Waals surface area contributed by atoms with Crippen LogP contribution in [0.1, 0.15) is 5.56 Å². The number of ether oxygens (including phenoxy) is 1. The number of rotatable bonds is 5. The van der Waals surface area contributed by atoms with Crippen molar-refractivity contribution in [2.75, 3.05) is 6.61 Å². The molecule has 0 spiro atoms. The maximum atomic E-state index is 5.86. The molecule has 1 nitrogen and oxygen atoms in total. The molecule has 0 bridgehead atoms. The Bertz CT molecular complexity index is 635. The van der Waals surface area contributed by atoms with E-state index in [0.29, 0.717) is 6.61 Å². The summed E-state index contributed by atoms with van der Waals surface area (Å²) >= 11 is 0. The first-order valence-corrected chi connectivity index (χ1v) is 6.31. The maximum Gasteiger partial charge on any atom is 0.123 e. The van der Waals surface area contributed by atoms with Crippen LogP contribution >= 0.6 is 0 Å². The van der Waals surface area contributed by atoms with E-state index in [1.807, 2.05) is 24.3 Å². The predicted molar refractivity (Wildman–Crippen MR) is 82.7 cm³/mol. The zero-order chi connectivity index (χ0) is 13.7. The van der Waals surface area contributed by atoms with Gasteiger partial charge in [-0.1, -0.05) is 61.7 Å². The molecule has 0 N–H and O–H groups in total. The minimum atomic E-state index is 0.509. The Morgan fingerprint density at radius 2 is 1.95 bits per heavy atom. The van der Waals surface area contributed by atoms with Gasteiger partial charge in [-0.15, -0.1) is 0 Å². The molecule has 2 aromatic carbocycles. The third-order valence-corrected chi connectivity index (χ3v) is 3.14. The van der Waals surface area contributed by atoms with E-state index in [0.717, 1.165) is 11.3 Å². The second kappa shape index (κ2) is 6.05. The molecule has 0 heterocycles. The highest BCUT2D eigenvalue weighted by molar-refractivity contribution is 5.87. The first-order valence-electron chi connectivity index (χ1n) is 6.31. The van der Waals surface area contributed by atoms with E-state index < -0.39 is 0 Å². The molecule has 0 unspecified atom stereocenters. The van der Waals surface area contributed by atoms with Gasteiger partial charge >= 0.3 is 0 Å². The second-order valence-corrected chi connectivity index (χ2v) is 4.38. The Kier molecular flexibility index (Phi) is 4.19. The minimum Gasteiger partial charge on any atom is -0.489 e. The van der Waals surface area contributed by atoms with Crippen LogP contribution in [0.15, 0.2) is 73.4 Å². The number of aryl methyl sites for hydroxylation is 1. The lowest BCUT2D eigenvalue weighted by Crippen LogP contribution is -2.00. The fourth-order valence-corrected chi connectivity index (χ4v) is 2.05. The molecule has 0 saturated heterocycles. The third kappa shape index (κ3) is 2.94. The number of benzene rings is 2. The average molecular weight is 250 g/mol. The number of hydrogen-bond donors (Lipinski definition) is 0. The molecule has 0 aliphatic carbocycles. The highest BCUT2D eigenvalue weighted by atomic mass is 16.5. The molecule has 0 amide bonds. The Hall–Kier alpha value is -2.28.